The molecular formula is C27H32Cl2N4O. The highest BCUT2D eigenvalue weighted by Crippen LogP contribution is 2.33. The van der Waals surface area contributed by atoms with Gasteiger partial charge in [-0.3, -0.25) is 9.69 Å². The van der Waals surface area contributed by atoms with Gasteiger partial charge < -0.3 is 15.2 Å². The van der Waals surface area contributed by atoms with E-state index in [2.05, 4.69) is 26.2 Å². The molecule has 1 saturated carbocycles. The fraction of sp³-hybridized carbons (Fsp3) is 0.444. The molecule has 0 atom stereocenters. The zero-order chi connectivity index (χ0) is 23.5. The van der Waals surface area contributed by atoms with E-state index < -0.39 is 0 Å². The van der Waals surface area contributed by atoms with E-state index >= 15 is 0 Å². The molecule has 3 aromatic rings. The fourth-order valence-corrected chi connectivity index (χ4v) is 5.78. The van der Waals surface area contributed by atoms with Crippen molar-refractivity contribution in [3.8, 4) is 0 Å². The summed E-state index contributed by atoms with van der Waals surface area (Å²) < 4.78 is 0. The van der Waals surface area contributed by atoms with Crippen molar-refractivity contribution in [3.63, 3.8) is 0 Å². The number of anilines is 1. The Labute approximate surface area is 211 Å². The first kappa shape index (κ1) is 23.5. The summed E-state index contributed by atoms with van der Waals surface area (Å²) >= 11 is 12.6. The number of halogens is 2. The highest BCUT2D eigenvalue weighted by molar-refractivity contribution is 6.43. The Bertz CT molecular complexity index is 1100. The van der Waals surface area contributed by atoms with Crippen LogP contribution in [0, 0.1) is 5.92 Å². The largest absolute Gasteiger partial charge is 0.368 e. The summed E-state index contributed by atoms with van der Waals surface area (Å²) in [6.45, 7) is 5.21. The maximum atomic E-state index is 12.7. The second-order valence-electron chi connectivity index (χ2n) is 9.65. The molecule has 0 bridgehead atoms. The molecule has 34 heavy (non-hydrogen) atoms. The zero-order valence-corrected chi connectivity index (χ0v) is 20.9. The number of aromatic nitrogens is 1. The number of piperazine rings is 1. The van der Waals surface area contributed by atoms with Crippen LogP contribution in [0.5, 0.6) is 0 Å². The van der Waals surface area contributed by atoms with Crippen LogP contribution in [0.25, 0.3) is 10.9 Å². The average Bonchev–Trinajstić information content (AvgIpc) is 3.30. The minimum Gasteiger partial charge on any atom is -0.368 e. The van der Waals surface area contributed by atoms with E-state index in [1.54, 1.807) is 0 Å². The van der Waals surface area contributed by atoms with Crippen LogP contribution in [-0.2, 0) is 0 Å². The number of amides is 1. The molecule has 1 aliphatic carbocycles. The van der Waals surface area contributed by atoms with Crippen LogP contribution >= 0.6 is 23.2 Å². The SMILES string of the molecule is O=C(NC1CCC(CCN2CCN(c3cccc(Cl)c3Cl)CC2)CC1)c1cc2ccccc2[nH]1. The molecule has 5 nitrogen and oxygen atoms in total. The third-order valence-electron chi connectivity index (χ3n) is 7.45. The van der Waals surface area contributed by atoms with Gasteiger partial charge in [0.05, 0.1) is 15.7 Å². The third kappa shape index (κ3) is 5.37. The third-order valence-corrected chi connectivity index (χ3v) is 8.26. The van der Waals surface area contributed by atoms with Gasteiger partial charge in [0.15, 0.2) is 0 Å². The number of carbonyl (C=O) groups is 1. The van der Waals surface area contributed by atoms with E-state index in [1.807, 2.05) is 42.5 Å². The normalized spacial score (nSPS) is 21.6. The van der Waals surface area contributed by atoms with Gasteiger partial charge in [0.1, 0.15) is 5.69 Å². The molecule has 0 spiro atoms. The Morgan fingerprint density at radius 1 is 0.971 bits per heavy atom. The quantitative estimate of drug-likeness (QED) is 0.439. The first-order valence-corrected chi connectivity index (χ1v) is 13.1. The van der Waals surface area contributed by atoms with Crippen LogP contribution in [0.2, 0.25) is 10.0 Å². The van der Waals surface area contributed by atoms with Crippen LogP contribution in [0.15, 0.2) is 48.5 Å². The number of benzene rings is 2. The molecule has 1 aliphatic heterocycles. The number of nitrogens with one attached hydrogen (secondary N) is 2. The number of fused-ring (bicyclic) bond motifs is 1. The second-order valence-corrected chi connectivity index (χ2v) is 10.4. The van der Waals surface area contributed by atoms with Crippen LogP contribution < -0.4 is 10.2 Å². The Morgan fingerprint density at radius 2 is 1.74 bits per heavy atom. The number of nitrogens with zero attached hydrogens (tertiary/aromatic N) is 2. The zero-order valence-electron chi connectivity index (χ0n) is 19.4. The van der Waals surface area contributed by atoms with Gasteiger partial charge in [-0.05, 0) is 68.8 Å². The van der Waals surface area contributed by atoms with Gasteiger partial charge in [0.25, 0.3) is 5.91 Å². The van der Waals surface area contributed by atoms with E-state index in [1.165, 1.54) is 19.3 Å². The molecule has 0 radical (unpaired) electrons. The molecular weight excluding hydrogens is 467 g/mol. The lowest BCUT2D eigenvalue weighted by Gasteiger charge is -2.37. The van der Waals surface area contributed by atoms with Crippen molar-refractivity contribution < 1.29 is 4.79 Å². The summed E-state index contributed by atoms with van der Waals surface area (Å²) in [6, 6.07) is 16.1. The van der Waals surface area contributed by atoms with E-state index in [0.717, 1.165) is 68.1 Å². The van der Waals surface area contributed by atoms with Gasteiger partial charge in [-0.15, -0.1) is 0 Å². The highest BCUT2D eigenvalue weighted by Gasteiger charge is 2.25. The van der Waals surface area contributed by atoms with Crippen molar-refractivity contribution >= 4 is 45.7 Å². The standard InChI is InChI=1S/C27H32Cl2N4O/c28-22-5-3-7-25(26(22)29)33-16-14-32(15-17-33)13-12-19-8-10-21(11-9-19)30-27(34)24-18-20-4-1-2-6-23(20)31-24/h1-7,18-19,21,31H,8-17H2,(H,30,34). The number of aromatic amines is 1. The van der Waals surface area contributed by atoms with Crippen molar-refractivity contribution in [2.24, 2.45) is 5.92 Å². The molecule has 1 aromatic heterocycles. The van der Waals surface area contributed by atoms with Gasteiger partial charge in [0.2, 0.25) is 0 Å². The Balaban J connectivity index is 1.03. The summed E-state index contributed by atoms with van der Waals surface area (Å²) in [4.78, 5) is 20.8. The highest BCUT2D eigenvalue weighted by atomic mass is 35.5. The lowest BCUT2D eigenvalue weighted by molar-refractivity contribution is 0.0915. The predicted octanol–water partition coefficient (Wildman–Crippen LogP) is 5.98. The Morgan fingerprint density at radius 3 is 2.50 bits per heavy atom. The first-order valence-electron chi connectivity index (χ1n) is 12.4. The minimum atomic E-state index is 0.0114. The lowest BCUT2D eigenvalue weighted by atomic mass is 9.84. The smallest absolute Gasteiger partial charge is 0.267 e. The van der Waals surface area contributed by atoms with Crippen molar-refractivity contribution in [3.05, 3.63) is 64.3 Å². The van der Waals surface area contributed by atoms with E-state index in [9.17, 15) is 4.79 Å². The molecule has 5 rings (SSSR count). The number of H-pyrrole nitrogens is 1. The van der Waals surface area contributed by atoms with E-state index in [4.69, 9.17) is 23.2 Å². The summed E-state index contributed by atoms with van der Waals surface area (Å²) in [5, 5.41) is 5.60. The molecule has 2 aromatic carbocycles. The average molecular weight is 499 g/mol. The molecule has 2 N–H and O–H groups in total. The van der Waals surface area contributed by atoms with Gasteiger partial charge in [0, 0.05) is 43.1 Å². The van der Waals surface area contributed by atoms with Crippen molar-refractivity contribution in [2.75, 3.05) is 37.6 Å². The molecule has 2 aliphatic rings. The summed E-state index contributed by atoms with van der Waals surface area (Å²) in [7, 11) is 0. The summed E-state index contributed by atoms with van der Waals surface area (Å²) in [6.07, 6.45) is 5.75. The van der Waals surface area contributed by atoms with Gasteiger partial charge in [-0.1, -0.05) is 47.5 Å². The number of para-hydroxylation sites is 1. The minimum absolute atomic E-state index is 0.0114. The number of hydrogen-bond donors (Lipinski definition) is 2. The summed E-state index contributed by atoms with van der Waals surface area (Å²) in [5.41, 5.74) is 2.70. The monoisotopic (exact) mass is 498 g/mol. The Kier molecular flexibility index (Phi) is 7.33. The molecule has 2 heterocycles. The fourth-order valence-electron chi connectivity index (χ4n) is 5.37. The van der Waals surface area contributed by atoms with E-state index in [0.29, 0.717) is 15.7 Å². The molecule has 1 amide bonds. The molecule has 1 saturated heterocycles. The predicted molar refractivity (Wildman–Crippen MR) is 141 cm³/mol. The second kappa shape index (κ2) is 10.6. The van der Waals surface area contributed by atoms with Crippen molar-refractivity contribution in [1.82, 2.24) is 15.2 Å². The number of rotatable bonds is 6. The molecule has 0 unspecified atom stereocenters. The molecule has 2 fully saturated rings. The molecule has 7 heteroatoms. The lowest BCUT2D eigenvalue weighted by Crippen LogP contribution is -2.47. The van der Waals surface area contributed by atoms with Gasteiger partial charge in [-0.25, -0.2) is 0 Å². The summed E-state index contributed by atoms with van der Waals surface area (Å²) in [5.74, 6) is 0.763. The van der Waals surface area contributed by atoms with Crippen molar-refractivity contribution in [2.45, 2.75) is 38.1 Å². The van der Waals surface area contributed by atoms with Crippen LogP contribution in [0.3, 0.4) is 0 Å². The number of carbonyl (C=O) groups excluding carboxylic acids is 1. The van der Waals surface area contributed by atoms with Crippen molar-refractivity contribution in [1.29, 1.82) is 0 Å². The maximum absolute atomic E-state index is 12.7. The first-order chi connectivity index (χ1) is 16.6. The molecule has 180 valence electrons. The van der Waals surface area contributed by atoms with Crippen LogP contribution in [0.4, 0.5) is 5.69 Å². The van der Waals surface area contributed by atoms with Crippen LogP contribution in [0.1, 0.15) is 42.6 Å². The van der Waals surface area contributed by atoms with Gasteiger partial charge >= 0.3 is 0 Å². The van der Waals surface area contributed by atoms with Gasteiger partial charge in [-0.2, -0.15) is 0 Å². The maximum Gasteiger partial charge on any atom is 0.267 e. The Hall–Kier alpha value is -2.21. The van der Waals surface area contributed by atoms with E-state index in [-0.39, 0.29) is 11.9 Å². The van der Waals surface area contributed by atoms with Crippen LogP contribution in [-0.4, -0.2) is 54.6 Å². The number of hydrogen-bond acceptors (Lipinski definition) is 3. The topological polar surface area (TPSA) is 51.4 Å².